The number of ether oxygens (including phenoxy) is 3. The molecule has 10 aromatic rings. The predicted molar refractivity (Wildman–Crippen MR) is 330 cm³/mol. The topological polar surface area (TPSA) is 303 Å². The molecule has 0 fully saturated rings. The fourth-order valence-corrected chi connectivity index (χ4v) is 21.5. The number of halogens is 1. The first kappa shape index (κ1) is 66.3. The molecule has 3 N–H and O–H groups in total. The zero-order valence-corrected chi connectivity index (χ0v) is 53.7. The maximum absolute atomic E-state index is 9.37. The van der Waals surface area contributed by atoms with Crippen LogP contribution in [0.4, 0.5) is 0 Å². The smallest absolute Gasteiger partial charge is 0.216 e. The Kier molecular flexibility index (Phi) is 28.7. The predicted octanol–water partition coefficient (Wildman–Crippen LogP) is 11.3. The first-order valence-electron chi connectivity index (χ1n) is 28.2. The molecule has 0 spiro atoms. The number of nitrogens with zero attached hydrogens (tertiary/aromatic N) is 16. The fourth-order valence-electron chi connectivity index (χ4n) is 8.98. The summed E-state index contributed by atoms with van der Waals surface area (Å²) in [6.07, 6.45) is 22.7. The van der Waals surface area contributed by atoms with Gasteiger partial charge in [-0.05, 0) is 103 Å². The molecule has 0 aliphatic carbocycles. The van der Waals surface area contributed by atoms with Crippen molar-refractivity contribution < 1.29 is 33.9 Å². The van der Waals surface area contributed by atoms with E-state index in [2.05, 4.69) is 120 Å². The van der Waals surface area contributed by atoms with Crippen LogP contribution in [0.15, 0.2) is 113 Å². The Morgan fingerprint density at radius 2 is 0.953 bits per heavy atom. The average Bonchev–Trinajstić information content (AvgIpc) is 3.80. The van der Waals surface area contributed by atoms with Crippen molar-refractivity contribution in [3.8, 4) is 6.07 Å². The number of aromatic amines is 2. The zero-order valence-electron chi connectivity index (χ0n) is 49.3. The number of aryl methyl sites for hydroxylation is 5. The van der Waals surface area contributed by atoms with E-state index in [0.29, 0.717) is 6.42 Å². The average molecular weight is 1340 g/mol. The summed E-state index contributed by atoms with van der Waals surface area (Å²) in [5.74, 6) is 0. The van der Waals surface area contributed by atoms with E-state index in [9.17, 15) is 5.21 Å². The summed E-state index contributed by atoms with van der Waals surface area (Å²) < 4.78 is 22.7. The number of azide groups is 1. The molecule has 452 valence electrons. The van der Waals surface area contributed by atoms with Gasteiger partial charge in [0.1, 0.15) is 22.1 Å². The number of benzene rings is 4. The molecule has 0 unspecified atom stereocenters. The number of fused-ring (bicyclic) bond motifs is 4. The number of methoxy groups -OCH3 is 3. The third-order valence-electron chi connectivity index (χ3n) is 13.5. The molecule has 0 saturated carbocycles. The second kappa shape index (κ2) is 36.8. The molecule has 6 aromatic heterocycles. The summed E-state index contributed by atoms with van der Waals surface area (Å²) in [6.45, 7) is 7.21. The normalized spacial score (nSPS) is 10.9. The van der Waals surface area contributed by atoms with Crippen LogP contribution in [-0.4, -0.2) is 136 Å². The fraction of sp³-hybridized carbons (Fsp3) is 0.431. The third-order valence-corrected chi connectivity index (χ3v) is 26.6. The van der Waals surface area contributed by atoms with Crippen LogP contribution in [0.3, 0.4) is 0 Å². The molecule has 0 atom stereocenters. The van der Waals surface area contributed by atoms with Crippen LogP contribution in [0, 0.1) is 11.3 Å². The van der Waals surface area contributed by atoms with Crippen molar-refractivity contribution in [3.05, 3.63) is 154 Å². The number of hydrogen-bond acceptors (Lipinski definition) is 17. The molecule has 0 amide bonds. The number of nitrogens with one attached hydrogen (secondary N) is 2. The second-order valence-electron chi connectivity index (χ2n) is 19.7. The first-order chi connectivity index (χ1) is 41.6. The Balaban J connectivity index is 0.000000171. The van der Waals surface area contributed by atoms with Crippen molar-refractivity contribution in [2.75, 3.05) is 41.7 Å². The molecule has 6 heterocycles. The van der Waals surface area contributed by atoms with E-state index >= 15 is 0 Å². The number of aromatic nitrogens is 14. The minimum absolute atomic E-state index is 0.160. The van der Waals surface area contributed by atoms with Crippen molar-refractivity contribution >= 4 is 78.2 Å². The van der Waals surface area contributed by atoms with Gasteiger partial charge in [0.2, 0.25) is 20.4 Å². The molecule has 4 aromatic carbocycles. The maximum atomic E-state index is 9.37. The van der Waals surface area contributed by atoms with E-state index in [1.165, 1.54) is 83.1 Å². The van der Waals surface area contributed by atoms with Crippen LogP contribution in [0.2, 0.25) is 13.3 Å². The molecule has 0 saturated heterocycles. The van der Waals surface area contributed by atoms with Crippen molar-refractivity contribution in [2.24, 2.45) is 3.34 Å². The van der Waals surface area contributed by atoms with Gasteiger partial charge >= 0.3 is 105 Å². The Labute approximate surface area is 506 Å². The van der Waals surface area contributed by atoms with Gasteiger partial charge in [0.25, 0.3) is 0 Å². The van der Waals surface area contributed by atoms with Gasteiger partial charge in [0.15, 0.2) is 0 Å². The summed E-state index contributed by atoms with van der Waals surface area (Å²) in [7, 11) is 4.72. The van der Waals surface area contributed by atoms with Gasteiger partial charge in [-0.3, -0.25) is 0 Å². The van der Waals surface area contributed by atoms with Crippen LogP contribution < -0.4 is 14.5 Å². The Morgan fingerprint density at radius 3 is 1.33 bits per heavy atom. The van der Waals surface area contributed by atoms with Gasteiger partial charge in [-0.2, -0.15) is 36.1 Å². The van der Waals surface area contributed by atoms with Crippen molar-refractivity contribution in [2.45, 2.75) is 116 Å². The van der Waals surface area contributed by atoms with E-state index in [1.807, 2.05) is 54.6 Å². The maximum Gasteiger partial charge on any atom is 0.216 e. The minimum Gasteiger partial charge on any atom is -0.411 e. The van der Waals surface area contributed by atoms with Gasteiger partial charge in [0, 0.05) is 54.6 Å². The molecular formula is C58H77BrN18O7Sn. The molecule has 0 radical (unpaired) electrons. The molecule has 85 heavy (non-hydrogen) atoms. The molecule has 0 bridgehead atoms. The summed E-state index contributed by atoms with van der Waals surface area (Å²) in [4.78, 5) is 24.3. The molecular weight excluding hydrogens is 1260 g/mol. The number of rotatable bonds is 28. The summed E-state index contributed by atoms with van der Waals surface area (Å²) in [5, 5.41) is 59.8. The Bertz CT molecular complexity index is 3560. The number of H-pyrrole nitrogens is 2. The van der Waals surface area contributed by atoms with Crippen LogP contribution in [0.25, 0.3) is 54.1 Å². The van der Waals surface area contributed by atoms with Crippen molar-refractivity contribution in [1.82, 2.24) is 70.6 Å². The number of nitriles is 1. The van der Waals surface area contributed by atoms with Crippen LogP contribution in [0.1, 0.15) is 99.4 Å². The summed E-state index contributed by atoms with van der Waals surface area (Å²) in [5.41, 5.74) is 19.0. The number of alkyl halides is 1. The van der Waals surface area contributed by atoms with E-state index in [-0.39, 0.29) is 20.4 Å². The first-order valence-corrected chi connectivity index (χ1v) is 36.7. The number of hydrogen-bond donors (Lipinski definition) is 3. The summed E-state index contributed by atoms with van der Waals surface area (Å²) >= 11 is 0.963. The number of unbranched alkanes of at least 4 members (excludes halogenated alkanes) is 3. The van der Waals surface area contributed by atoms with Gasteiger partial charge in [-0.15, -0.1) is 25.2 Å². The third kappa shape index (κ3) is 21.0. The van der Waals surface area contributed by atoms with Crippen molar-refractivity contribution in [1.29, 1.82) is 5.26 Å². The largest absolute Gasteiger partial charge is 0.411 e. The van der Waals surface area contributed by atoms with Gasteiger partial charge in [-0.25, -0.2) is 0 Å². The van der Waals surface area contributed by atoms with Crippen LogP contribution in [0.5, 0.6) is 0 Å². The van der Waals surface area contributed by atoms with E-state index in [4.69, 9.17) is 39.5 Å². The van der Waals surface area contributed by atoms with Crippen molar-refractivity contribution in [3.63, 3.8) is 0 Å². The summed E-state index contributed by atoms with van der Waals surface area (Å²) in [6, 6.07) is 26.2. The molecule has 25 nitrogen and oxygen atoms in total. The Hall–Kier alpha value is -7.80. The van der Waals surface area contributed by atoms with E-state index in [1.54, 1.807) is 58.5 Å². The standard InChI is InChI=1S/C13H15N5O2.C12H13N3O2.C11H11N5O.C10H11BrN2O2.3C4H9.N3.Sn/c1-19-9-20-18-13-5-3-10(6-11(13)7-15-18)2-4-12-8-14-17-16-12;1-16-9-17-15-12-5-4-10(3-2-6-13)7-11(12)8-14-15;17-16-11-4-2-8(5-9(11)6-13-16)1-3-10-7-12-15-14-10;1-14-7-15-13-10-3-2-8(5-11)4-9(10)6-12-13;3*1-3-4-2;1-3-2;/h3,5-8H,2,4,9H2,1H3,(H,14,16,17);4-5,7-8H,2-3,9H2,1H3;2,4-7,17H,1,3H2,(H,12,14,15);2-4,6H,5,7H2,1H3;3*1,3-4H2,2H3;;/q;;;;;;;-1;+1. The molecule has 27 heteroatoms. The van der Waals surface area contributed by atoms with Crippen LogP contribution >= 0.6 is 15.9 Å². The second-order valence-corrected chi connectivity index (χ2v) is 32.1. The van der Waals surface area contributed by atoms with Gasteiger partial charge in [0.05, 0.1) is 54.6 Å². The minimum atomic E-state index is -2.45. The molecule has 0 aliphatic heterocycles. The van der Waals surface area contributed by atoms with E-state index in [0.717, 1.165) is 103 Å². The molecule has 0 aliphatic rings. The van der Waals surface area contributed by atoms with Gasteiger partial charge in [-0.1, -0.05) is 54.7 Å². The monoisotopic (exact) mass is 1340 g/mol. The molecule has 10 rings (SSSR count). The SMILES string of the molecule is CCC[CH2][Sn]([CH2]CCC)([CH2]CCC)[N]=[N+]=[N-].COCOn1ncc2cc(CBr)ccc21.COCOn1ncc2cc(CCC#N)ccc21.COCOn1ncc2cc(CCc3cn[nH]n3)ccc21.On1ncc2cc(CCc3cn[nH]n3)ccc21. The quantitative estimate of drug-likeness (QED) is 0.00781. The Morgan fingerprint density at radius 1 is 0.565 bits per heavy atom. The van der Waals surface area contributed by atoms with Crippen LogP contribution in [-0.2, 0) is 51.6 Å². The van der Waals surface area contributed by atoms with Gasteiger partial charge < -0.3 is 33.9 Å². The van der Waals surface area contributed by atoms with E-state index < -0.39 is 18.7 Å². The zero-order chi connectivity index (χ0) is 60.5.